The van der Waals surface area contributed by atoms with Gasteiger partial charge in [-0.3, -0.25) is 4.79 Å². The summed E-state index contributed by atoms with van der Waals surface area (Å²) in [5, 5.41) is 0.714. The van der Waals surface area contributed by atoms with Gasteiger partial charge < -0.3 is 9.47 Å². The van der Waals surface area contributed by atoms with Gasteiger partial charge in [-0.25, -0.2) is 4.98 Å². The SMILES string of the molecule is CCc1ccc2c(c1)C(CCC(=O)N1C(C)CCC1C)(c1ccc(Cl)cc1)n1ccnc1-2. The highest BCUT2D eigenvalue weighted by Gasteiger charge is 2.45. The summed E-state index contributed by atoms with van der Waals surface area (Å²) in [6.07, 6.45) is 8.24. The predicted octanol–water partition coefficient (Wildman–Crippen LogP) is 6.05. The number of amides is 1. The van der Waals surface area contributed by atoms with Crippen LogP contribution in [0.15, 0.2) is 54.9 Å². The monoisotopic (exact) mass is 447 g/mol. The van der Waals surface area contributed by atoms with Gasteiger partial charge >= 0.3 is 0 Å². The molecule has 3 unspecified atom stereocenters. The molecule has 3 heterocycles. The standard InChI is InChI=1S/C27H30ClN3O/c1-4-20-7-12-23-24(17-20)27(30-16-15-29-26(23)30,21-8-10-22(28)11-9-21)14-13-25(32)31-18(2)5-6-19(31)3/h7-12,15-19H,4-6,13-14H2,1-3H3. The molecule has 3 atom stereocenters. The zero-order valence-electron chi connectivity index (χ0n) is 19.0. The van der Waals surface area contributed by atoms with Crippen LogP contribution < -0.4 is 0 Å². The number of nitrogens with zero attached hydrogens (tertiary/aromatic N) is 3. The third kappa shape index (κ3) is 3.19. The fourth-order valence-corrected chi connectivity index (χ4v) is 5.94. The number of carbonyl (C=O) groups is 1. The topological polar surface area (TPSA) is 38.1 Å². The summed E-state index contributed by atoms with van der Waals surface area (Å²) in [7, 11) is 0. The second kappa shape index (κ2) is 8.08. The van der Waals surface area contributed by atoms with Crippen LogP contribution in [0.4, 0.5) is 0 Å². The Hall–Kier alpha value is -2.59. The molecule has 2 aromatic carbocycles. The summed E-state index contributed by atoms with van der Waals surface area (Å²) in [4.78, 5) is 20.2. The Kier molecular flexibility index (Phi) is 5.37. The van der Waals surface area contributed by atoms with E-state index in [9.17, 15) is 4.79 Å². The fourth-order valence-electron chi connectivity index (χ4n) is 5.81. The van der Waals surface area contributed by atoms with Crippen molar-refractivity contribution in [3.8, 4) is 11.4 Å². The minimum atomic E-state index is -0.473. The van der Waals surface area contributed by atoms with Gasteiger partial charge in [0.2, 0.25) is 5.91 Å². The van der Waals surface area contributed by atoms with E-state index in [0.717, 1.165) is 36.2 Å². The molecular formula is C27H30ClN3O. The van der Waals surface area contributed by atoms with Gasteiger partial charge in [0, 0.05) is 41.5 Å². The number of imidazole rings is 1. The number of aryl methyl sites for hydroxylation is 1. The molecule has 5 rings (SSSR count). The van der Waals surface area contributed by atoms with Crippen molar-refractivity contribution in [3.63, 3.8) is 0 Å². The first-order valence-electron chi connectivity index (χ1n) is 11.7. The zero-order chi connectivity index (χ0) is 22.5. The van der Waals surface area contributed by atoms with E-state index in [1.165, 1.54) is 11.1 Å². The summed E-state index contributed by atoms with van der Waals surface area (Å²) in [5.41, 5.74) is 4.35. The van der Waals surface area contributed by atoms with Gasteiger partial charge in [-0.15, -0.1) is 0 Å². The first-order valence-corrected chi connectivity index (χ1v) is 12.1. The van der Waals surface area contributed by atoms with Gasteiger partial charge in [0.1, 0.15) is 5.82 Å². The van der Waals surface area contributed by atoms with Gasteiger partial charge in [-0.1, -0.05) is 48.9 Å². The molecule has 0 saturated carbocycles. The lowest BCUT2D eigenvalue weighted by molar-refractivity contribution is -0.133. The Morgan fingerprint density at radius 2 is 1.84 bits per heavy atom. The normalized spacial score (nSPS) is 23.9. The molecule has 0 aliphatic carbocycles. The second-order valence-electron chi connectivity index (χ2n) is 9.30. The predicted molar refractivity (Wildman–Crippen MR) is 129 cm³/mol. The van der Waals surface area contributed by atoms with E-state index < -0.39 is 5.54 Å². The van der Waals surface area contributed by atoms with Crippen LogP contribution in [0, 0.1) is 0 Å². The number of carbonyl (C=O) groups excluding carboxylic acids is 1. The first-order chi connectivity index (χ1) is 15.5. The maximum absolute atomic E-state index is 13.4. The van der Waals surface area contributed by atoms with Crippen molar-refractivity contribution >= 4 is 17.5 Å². The van der Waals surface area contributed by atoms with E-state index in [2.05, 4.69) is 66.8 Å². The van der Waals surface area contributed by atoms with Crippen molar-refractivity contribution < 1.29 is 4.79 Å². The zero-order valence-corrected chi connectivity index (χ0v) is 19.8. The Labute approximate surface area is 195 Å². The molecule has 166 valence electrons. The van der Waals surface area contributed by atoms with Crippen LogP contribution in [0.25, 0.3) is 11.4 Å². The van der Waals surface area contributed by atoms with Crippen molar-refractivity contribution in [2.45, 2.75) is 70.5 Å². The maximum atomic E-state index is 13.4. The Morgan fingerprint density at radius 3 is 2.53 bits per heavy atom. The summed E-state index contributed by atoms with van der Waals surface area (Å²) in [5.74, 6) is 1.21. The number of likely N-dealkylation sites (tertiary alicyclic amines) is 1. The van der Waals surface area contributed by atoms with Crippen molar-refractivity contribution in [2.75, 3.05) is 0 Å². The molecule has 1 aromatic heterocycles. The lowest BCUT2D eigenvalue weighted by Gasteiger charge is -2.35. The van der Waals surface area contributed by atoms with Gasteiger partial charge in [0.25, 0.3) is 0 Å². The number of hydrogen-bond donors (Lipinski definition) is 0. The quantitative estimate of drug-likeness (QED) is 0.477. The Balaban J connectivity index is 1.63. The van der Waals surface area contributed by atoms with Gasteiger partial charge in [-0.2, -0.15) is 0 Å². The smallest absolute Gasteiger partial charge is 0.223 e. The lowest BCUT2D eigenvalue weighted by atomic mass is 9.78. The molecule has 32 heavy (non-hydrogen) atoms. The number of hydrogen-bond acceptors (Lipinski definition) is 2. The minimum Gasteiger partial charge on any atom is -0.337 e. The van der Waals surface area contributed by atoms with E-state index >= 15 is 0 Å². The van der Waals surface area contributed by atoms with Crippen LogP contribution in [0.3, 0.4) is 0 Å². The molecule has 1 saturated heterocycles. The molecule has 1 amide bonds. The van der Waals surface area contributed by atoms with E-state index in [-0.39, 0.29) is 5.91 Å². The molecule has 0 N–H and O–H groups in total. The third-order valence-electron chi connectivity index (χ3n) is 7.49. The van der Waals surface area contributed by atoms with E-state index in [4.69, 9.17) is 16.6 Å². The third-order valence-corrected chi connectivity index (χ3v) is 7.75. The van der Waals surface area contributed by atoms with Crippen LogP contribution in [-0.4, -0.2) is 32.4 Å². The Bertz CT molecular complexity index is 1140. The number of rotatable bonds is 5. The highest BCUT2D eigenvalue weighted by Crippen LogP contribution is 2.50. The highest BCUT2D eigenvalue weighted by molar-refractivity contribution is 6.30. The molecule has 2 aliphatic rings. The molecule has 0 spiro atoms. The van der Waals surface area contributed by atoms with Crippen LogP contribution in [0.1, 0.15) is 63.1 Å². The minimum absolute atomic E-state index is 0.248. The average molecular weight is 448 g/mol. The van der Waals surface area contributed by atoms with E-state index in [1.807, 2.05) is 18.3 Å². The van der Waals surface area contributed by atoms with Crippen molar-refractivity contribution in [3.05, 3.63) is 76.6 Å². The summed E-state index contributed by atoms with van der Waals surface area (Å²) in [6.45, 7) is 6.52. The highest BCUT2D eigenvalue weighted by atomic mass is 35.5. The number of halogens is 1. The van der Waals surface area contributed by atoms with Crippen molar-refractivity contribution in [1.82, 2.24) is 14.5 Å². The van der Waals surface area contributed by atoms with Crippen molar-refractivity contribution in [2.24, 2.45) is 0 Å². The fraction of sp³-hybridized carbons (Fsp3) is 0.407. The number of benzene rings is 2. The molecule has 2 aliphatic heterocycles. The van der Waals surface area contributed by atoms with E-state index in [0.29, 0.717) is 29.9 Å². The number of aromatic nitrogens is 2. The molecule has 4 nitrogen and oxygen atoms in total. The average Bonchev–Trinajstić information content (AvgIpc) is 3.47. The van der Waals surface area contributed by atoms with Crippen LogP contribution in [0.2, 0.25) is 5.02 Å². The largest absolute Gasteiger partial charge is 0.337 e. The van der Waals surface area contributed by atoms with E-state index in [1.54, 1.807) is 0 Å². The summed E-state index contributed by atoms with van der Waals surface area (Å²) in [6, 6.07) is 15.4. The maximum Gasteiger partial charge on any atom is 0.223 e. The molecule has 0 bridgehead atoms. The van der Waals surface area contributed by atoms with Crippen LogP contribution in [0.5, 0.6) is 0 Å². The second-order valence-corrected chi connectivity index (χ2v) is 9.73. The number of fused-ring (bicyclic) bond motifs is 3. The summed E-state index contributed by atoms with van der Waals surface area (Å²) < 4.78 is 2.27. The lowest BCUT2D eigenvalue weighted by Crippen LogP contribution is -2.40. The summed E-state index contributed by atoms with van der Waals surface area (Å²) >= 11 is 6.26. The molecule has 1 fully saturated rings. The molecule has 5 heteroatoms. The first kappa shape index (κ1) is 21.3. The van der Waals surface area contributed by atoms with Gasteiger partial charge in [0.15, 0.2) is 0 Å². The molecular weight excluding hydrogens is 418 g/mol. The van der Waals surface area contributed by atoms with Crippen LogP contribution in [-0.2, 0) is 16.8 Å². The van der Waals surface area contributed by atoms with Crippen molar-refractivity contribution in [1.29, 1.82) is 0 Å². The Morgan fingerprint density at radius 1 is 1.12 bits per heavy atom. The van der Waals surface area contributed by atoms with Crippen LogP contribution >= 0.6 is 11.6 Å². The molecule has 3 aromatic rings. The van der Waals surface area contributed by atoms with Gasteiger partial charge in [-0.05, 0) is 68.4 Å². The molecule has 0 radical (unpaired) electrons. The van der Waals surface area contributed by atoms with Gasteiger partial charge in [0.05, 0.1) is 5.54 Å².